The summed E-state index contributed by atoms with van der Waals surface area (Å²) in [6.45, 7) is 0.626. The Labute approximate surface area is 158 Å². The van der Waals surface area contributed by atoms with Crippen LogP contribution in [0.1, 0.15) is 44.9 Å². The lowest BCUT2D eigenvalue weighted by Gasteiger charge is -2.25. The molecule has 2 aliphatic rings. The fourth-order valence-electron chi connectivity index (χ4n) is 4.14. The van der Waals surface area contributed by atoms with Gasteiger partial charge in [0.25, 0.3) is 5.56 Å². The fourth-order valence-corrected chi connectivity index (χ4v) is 4.14. The second-order valence-electron chi connectivity index (χ2n) is 7.67. The molecule has 1 aromatic rings. The van der Waals surface area contributed by atoms with Gasteiger partial charge in [-0.15, -0.1) is 0 Å². The van der Waals surface area contributed by atoms with Gasteiger partial charge in [0.05, 0.1) is 12.6 Å². The number of likely N-dealkylation sites (tertiary alicyclic amines) is 1. The number of amides is 2. The molecular weight excluding hydrogens is 349 g/mol. The number of nitrogens with one attached hydrogen (secondary N) is 1. The van der Waals surface area contributed by atoms with E-state index in [0.29, 0.717) is 18.9 Å². The first kappa shape index (κ1) is 19.6. The van der Waals surface area contributed by atoms with Crippen molar-refractivity contribution in [1.82, 2.24) is 14.8 Å². The minimum absolute atomic E-state index is 0.00700. The smallest absolute Gasteiger partial charge is 0.250 e. The first-order chi connectivity index (χ1) is 13.0. The van der Waals surface area contributed by atoms with Crippen LogP contribution >= 0.6 is 0 Å². The lowest BCUT2D eigenvalue weighted by Crippen LogP contribution is -2.43. The zero-order valence-corrected chi connectivity index (χ0v) is 15.6. The van der Waals surface area contributed by atoms with Crippen molar-refractivity contribution in [3.63, 3.8) is 0 Å². The van der Waals surface area contributed by atoms with E-state index in [9.17, 15) is 18.8 Å². The number of carbonyl (C=O) groups is 2. The van der Waals surface area contributed by atoms with Crippen molar-refractivity contribution in [2.24, 2.45) is 5.92 Å². The standard InChI is InChI=1S/C20H28FN3O3/c21-16-12-17(13-22-18(25)11-15-5-1-2-6-15)24(14-16)20(27)8-10-23-9-4-3-7-19(23)26/h3-4,7,9,15-17H,1-2,5-6,8,10-14H2,(H,22,25). The molecule has 1 aliphatic carbocycles. The van der Waals surface area contributed by atoms with Gasteiger partial charge in [-0.2, -0.15) is 0 Å². The van der Waals surface area contributed by atoms with Gasteiger partial charge in [0.15, 0.2) is 0 Å². The van der Waals surface area contributed by atoms with Crippen molar-refractivity contribution < 1.29 is 14.0 Å². The van der Waals surface area contributed by atoms with Crippen LogP contribution in [0.5, 0.6) is 0 Å². The zero-order valence-electron chi connectivity index (χ0n) is 15.6. The van der Waals surface area contributed by atoms with Crippen molar-refractivity contribution in [3.8, 4) is 0 Å². The highest BCUT2D eigenvalue weighted by atomic mass is 19.1. The van der Waals surface area contributed by atoms with E-state index in [-0.39, 0.29) is 49.3 Å². The Morgan fingerprint density at radius 3 is 2.74 bits per heavy atom. The summed E-state index contributed by atoms with van der Waals surface area (Å²) < 4.78 is 15.4. The van der Waals surface area contributed by atoms with Gasteiger partial charge < -0.3 is 14.8 Å². The van der Waals surface area contributed by atoms with Crippen molar-refractivity contribution in [1.29, 1.82) is 0 Å². The van der Waals surface area contributed by atoms with E-state index in [1.54, 1.807) is 18.3 Å². The number of hydrogen-bond acceptors (Lipinski definition) is 3. The number of aromatic nitrogens is 1. The van der Waals surface area contributed by atoms with Crippen LogP contribution in [0.15, 0.2) is 29.2 Å². The van der Waals surface area contributed by atoms with Crippen LogP contribution in [0.4, 0.5) is 4.39 Å². The topological polar surface area (TPSA) is 71.4 Å². The molecule has 1 aliphatic heterocycles. The summed E-state index contributed by atoms with van der Waals surface area (Å²) in [4.78, 5) is 37.9. The van der Waals surface area contributed by atoms with E-state index in [4.69, 9.17) is 0 Å². The van der Waals surface area contributed by atoms with E-state index in [1.165, 1.54) is 28.4 Å². The van der Waals surface area contributed by atoms with Crippen LogP contribution in [0.2, 0.25) is 0 Å². The minimum atomic E-state index is -1.06. The Morgan fingerprint density at radius 2 is 2.00 bits per heavy atom. The third-order valence-corrected chi connectivity index (χ3v) is 5.63. The highest BCUT2D eigenvalue weighted by Crippen LogP contribution is 2.27. The Bertz CT molecular complexity index is 714. The second-order valence-corrected chi connectivity index (χ2v) is 7.67. The van der Waals surface area contributed by atoms with Gasteiger partial charge >= 0.3 is 0 Å². The quantitative estimate of drug-likeness (QED) is 0.789. The monoisotopic (exact) mass is 377 g/mol. The first-order valence-corrected chi connectivity index (χ1v) is 9.88. The van der Waals surface area contributed by atoms with Crippen molar-refractivity contribution in [3.05, 3.63) is 34.7 Å². The molecule has 1 saturated carbocycles. The highest BCUT2D eigenvalue weighted by molar-refractivity contribution is 5.78. The molecule has 2 heterocycles. The molecule has 3 rings (SSSR count). The molecular formula is C20H28FN3O3. The summed E-state index contributed by atoms with van der Waals surface area (Å²) in [5.41, 5.74) is -0.161. The van der Waals surface area contributed by atoms with Crippen molar-refractivity contribution >= 4 is 11.8 Å². The zero-order chi connectivity index (χ0) is 19.2. The lowest BCUT2D eigenvalue weighted by atomic mass is 10.0. The van der Waals surface area contributed by atoms with Crippen LogP contribution in [0, 0.1) is 5.92 Å². The highest BCUT2D eigenvalue weighted by Gasteiger charge is 2.35. The van der Waals surface area contributed by atoms with E-state index in [0.717, 1.165) is 12.8 Å². The summed E-state index contributed by atoms with van der Waals surface area (Å²) in [5, 5.41) is 2.89. The summed E-state index contributed by atoms with van der Waals surface area (Å²) in [6.07, 6.45) is 6.08. The van der Waals surface area contributed by atoms with Crippen LogP contribution in [-0.2, 0) is 16.1 Å². The van der Waals surface area contributed by atoms with Gasteiger partial charge in [-0.05, 0) is 24.8 Å². The number of nitrogens with zero attached hydrogens (tertiary/aromatic N) is 2. The SMILES string of the molecule is O=C(CC1CCCC1)NCC1CC(F)CN1C(=O)CCn1ccccc1=O. The van der Waals surface area contributed by atoms with Crippen LogP contribution < -0.4 is 10.9 Å². The van der Waals surface area contributed by atoms with E-state index in [1.807, 2.05) is 0 Å². The van der Waals surface area contributed by atoms with E-state index < -0.39 is 6.17 Å². The molecule has 0 bridgehead atoms. The molecule has 2 fully saturated rings. The molecule has 27 heavy (non-hydrogen) atoms. The molecule has 148 valence electrons. The molecule has 2 amide bonds. The molecule has 1 saturated heterocycles. The fraction of sp³-hybridized carbons (Fsp3) is 0.650. The molecule has 1 N–H and O–H groups in total. The summed E-state index contributed by atoms with van der Waals surface area (Å²) in [5.74, 6) is 0.276. The maximum atomic E-state index is 13.9. The van der Waals surface area contributed by atoms with E-state index >= 15 is 0 Å². The number of rotatable bonds is 7. The van der Waals surface area contributed by atoms with Crippen molar-refractivity contribution in [2.75, 3.05) is 13.1 Å². The van der Waals surface area contributed by atoms with Crippen LogP contribution in [0.3, 0.4) is 0 Å². The molecule has 6 nitrogen and oxygen atoms in total. The number of halogens is 1. The second kappa shape index (κ2) is 9.15. The number of hydrogen-bond donors (Lipinski definition) is 1. The van der Waals surface area contributed by atoms with Crippen LogP contribution in [0.25, 0.3) is 0 Å². The third-order valence-electron chi connectivity index (χ3n) is 5.63. The Kier molecular flexibility index (Phi) is 6.63. The summed E-state index contributed by atoms with van der Waals surface area (Å²) in [6, 6.07) is 4.52. The predicted octanol–water partition coefficient (Wildman–Crippen LogP) is 1.87. The Morgan fingerprint density at radius 1 is 1.22 bits per heavy atom. The lowest BCUT2D eigenvalue weighted by molar-refractivity contribution is -0.133. The van der Waals surface area contributed by atoms with Gasteiger partial charge in [0, 0.05) is 44.6 Å². The summed E-state index contributed by atoms with van der Waals surface area (Å²) in [7, 11) is 0. The predicted molar refractivity (Wildman–Crippen MR) is 99.9 cm³/mol. The number of pyridine rings is 1. The third kappa shape index (κ3) is 5.40. The van der Waals surface area contributed by atoms with Gasteiger partial charge in [-0.3, -0.25) is 14.4 Å². The van der Waals surface area contributed by atoms with Gasteiger partial charge in [-0.25, -0.2) is 4.39 Å². The minimum Gasteiger partial charge on any atom is -0.354 e. The first-order valence-electron chi connectivity index (χ1n) is 9.88. The number of carbonyl (C=O) groups excluding carboxylic acids is 2. The molecule has 0 radical (unpaired) electrons. The van der Waals surface area contributed by atoms with Gasteiger partial charge in [0.1, 0.15) is 6.17 Å². The summed E-state index contributed by atoms with van der Waals surface area (Å²) >= 11 is 0. The number of aryl methyl sites for hydroxylation is 1. The molecule has 7 heteroatoms. The molecule has 0 aromatic carbocycles. The average Bonchev–Trinajstić information content (AvgIpc) is 3.28. The molecule has 1 aromatic heterocycles. The van der Waals surface area contributed by atoms with Gasteiger partial charge in [-0.1, -0.05) is 18.9 Å². The largest absolute Gasteiger partial charge is 0.354 e. The Hall–Kier alpha value is -2.18. The maximum absolute atomic E-state index is 13.9. The van der Waals surface area contributed by atoms with E-state index in [2.05, 4.69) is 5.32 Å². The number of alkyl halides is 1. The van der Waals surface area contributed by atoms with Crippen molar-refractivity contribution in [2.45, 2.75) is 63.7 Å². The average molecular weight is 377 g/mol. The molecule has 0 spiro atoms. The normalized spacial score (nSPS) is 22.9. The maximum Gasteiger partial charge on any atom is 0.250 e. The molecule has 2 unspecified atom stereocenters. The Balaban J connectivity index is 1.49. The van der Waals surface area contributed by atoms with Gasteiger partial charge in [0.2, 0.25) is 11.8 Å². The van der Waals surface area contributed by atoms with Crippen LogP contribution in [-0.4, -0.2) is 46.6 Å². The molecule has 2 atom stereocenters.